The molecule has 1 amide bonds. The molecule has 2 aliphatic rings. The van der Waals surface area contributed by atoms with Crippen LogP contribution in [0.15, 0.2) is 12.1 Å². The average Bonchev–Trinajstić information content (AvgIpc) is 3.08. The van der Waals surface area contributed by atoms with Gasteiger partial charge in [-0.15, -0.1) is 10.2 Å². The molecule has 3 heterocycles. The fourth-order valence-corrected chi connectivity index (χ4v) is 2.71. The zero-order valence-electron chi connectivity index (χ0n) is 12.6. The van der Waals surface area contributed by atoms with E-state index in [1.807, 2.05) is 6.07 Å². The molecule has 22 heavy (non-hydrogen) atoms. The van der Waals surface area contributed by atoms with E-state index in [1.165, 1.54) is 0 Å². The molecular weight excluding hydrogens is 284 g/mol. The van der Waals surface area contributed by atoms with Gasteiger partial charge in [0.2, 0.25) is 5.91 Å². The van der Waals surface area contributed by atoms with Gasteiger partial charge >= 0.3 is 0 Å². The lowest BCUT2D eigenvalue weighted by molar-refractivity contribution is -0.122. The fraction of sp³-hybridized carbons (Fsp3) is 0.667. The Bertz CT molecular complexity index is 482. The predicted molar refractivity (Wildman–Crippen MR) is 81.7 cm³/mol. The lowest BCUT2D eigenvalue weighted by Crippen LogP contribution is -2.29. The Morgan fingerprint density at radius 2 is 1.91 bits per heavy atom. The molecule has 7 nitrogen and oxygen atoms in total. The highest BCUT2D eigenvalue weighted by Gasteiger charge is 2.22. The number of amides is 1. The molecule has 1 atom stereocenters. The van der Waals surface area contributed by atoms with Gasteiger partial charge < -0.3 is 20.1 Å². The third-order valence-corrected chi connectivity index (χ3v) is 4.04. The number of nitrogens with one attached hydrogen (secondary N) is 2. The Morgan fingerprint density at radius 1 is 1.14 bits per heavy atom. The van der Waals surface area contributed by atoms with Gasteiger partial charge in [-0.3, -0.25) is 4.79 Å². The van der Waals surface area contributed by atoms with Crippen molar-refractivity contribution in [2.24, 2.45) is 5.92 Å². The van der Waals surface area contributed by atoms with Crippen molar-refractivity contribution in [2.75, 3.05) is 37.0 Å². The first-order valence-corrected chi connectivity index (χ1v) is 7.89. The van der Waals surface area contributed by atoms with Gasteiger partial charge in [0.15, 0.2) is 5.82 Å². The molecule has 0 radical (unpaired) electrons. The summed E-state index contributed by atoms with van der Waals surface area (Å²) in [7, 11) is 0. The lowest BCUT2D eigenvalue weighted by Gasteiger charge is -2.20. The fourth-order valence-electron chi connectivity index (χ4n) is 2.71. The van der Waals surface area contributed by atoms with Crippen LogP contribution in [-0.4, -0.2) is 48.6 Å². The number of rotatable bonds is 5. The molecule has 7 heteroatoms. The summed E-state index contributed by atoms with van der Waals surface area (Å²) >= 11 is 0. The SMILES string of the molecule is O=C(Nc1ccc(NCC2CCCO2)nn1)C1CCOCC1. The van der Waals surface area contributed by atoms with E-state index in [9.17, 15) is 4.79 Å². The molecule has 1 aromatic rings. The zero-order valence-corrected chi connectivity index (χ0v) is 12.6. The molecule has 2 aliphatic heterocycles. The van der Waals surface area contributed by atoms with E-state index in [4.69, 9.17) is 9.47 Å². The number of nitrogens with zero attached hydrogens (tertiary/aromatic N) is 2. The van der Waals surface area contributed by atoms with Gasteiger partial charge in [0.25, 0.3) is 0 Å². The summed E-state index contributed by atoms with van der Waals surface area (Å²) in [5.41, 5.74) is 0. The molecule has 1 unspecified atom stereocenters. The highest BCUT2D eigenvalue weighted by molar-refractivity contribution is 5.91. The van der Waals surface area contributed by atoms with Crippen molar-refractivity contribution in [3.63, 3.8) is 0 Å². The summed E-state index contributed by atoms with van der Waals surface area (Å²) in [6.07, 6.45) is 3.99. The maximum absolute atomic E-state index is 12.1. The topological polar surface area (TPSA) is 85.4 Å². The minimum absolute atomic E-state index is 0.00216. The first-order valence-electron chi connectivity index (χ1n) is 7.89. The summed E-state index contributed by atoms with van der Waals surface area (Å²) in [5.74, 6) is 1.18. The van der Waals surface area contributed by atoms with Crippen LogP contribution >= 0.6 is 0 Å². The smallest absolute Gasteiger partial charge is 0.228 e. The maximum atomic E-state index is 12.1. The van der Waals surface area contributed by atoms with Crippen molar-refractivity contribution in [1.29, 1.82) is 0 Å². The maximum Gasteiger partial charge on any atom is 0.228 e. The molecule has 2 saturated heterocycles. The Hall–Kier alpha value is -1.73. The number of aromatic nitrogens is 2. The largest absolute Gasteiger partial charge is 0.381 e. The van der Waals surface area contributed by atoms with Crippen molar-refractivity contribution < 1.29 is 14.3 Å². The highest BCUT2D eigenvalue weighted by Crippen LogP contribution is 2.17. The van der Waals surface area contributed by atoms with Gasteiger partial charge in [-0.1, -0.05) is 0 Å². The molecule has 0 spiro atoms. The number of hydrogen-bond acceptors (Lipinski definition) is 6. The van der Waals surface area contributed by atoms with Crippen molar-refractivity contribution in [3.8, 4) is 0 Å². The summed E-state index contributed by atoms with van der Waals surface area (Å²) < 4.78 is 10.8. The standard InChI is InChI=1S/C15H22N4O3/c20-15(11-5-8-21-9-6-11)17-14-4-3-13(18-19-14)16-10-12-2-1-7-22-12/h3-4,11-12H,1-2,5-10H2,(H,16,18)(H,17,19,20). The average molecular weight is 306 g/mol. The van der Waals surface area contributed by atoms with Crippen LogP contribution in [0.25, 0.3) is 0 Å². The Labute approximate surface area is 129 Å². The second-order valence-electron chi connectivity index (χ2n) is 5.70. The van der Waals surface area contributed by atoms with E-state index < -0.39 is 0 Å². The van der Waals surface area contributed by atoms with Crippen LogP contribution in [0, 0.1) is 5.92 Å². The molecule has 120 valence electrons. The molecule has 0 saturated carbocycles. The number of ether oxygens (including phenoxy) is 2. The summed E-state index contributed by atoms with van der Waals surface area (Å²) in [6, 6.07) is 3.59. The van der Waals surface area contributed by atoms with Crippen LogP contribution in [0.5, 0.6) is 0 Å². The van der Waals surface area contributed by atoms with Crippen LogP contribution < -0.4 is 10.6 Å². The van der Waals surface area contributed by atoms with E-state index in [2.05, 4.69) is 20.8 Å². The number of hydrogen-bond donors (Lipinski definition) is 2. The van der Waals surface area contributed by atoms with Gasteiger partial charge in [0.1, 0.15) is 5.82 Å². The normalized spacial score (nSPS) is 22.5. The van der Waals surface area contributed by atoms with Gasteiger partial charge in [0, 0.05) is 32.3 Å². The van der Waals surface area contributed by atoms with E-state index in [1.54, 1.807) is 6.07 Å². The van der Waals surface area contributed by atoms with Crippen LogP contribution in [0.1, 0.15) is 25.7 Å². The zero-order chi connectivity index (χ0) is 15.2. The second-order valence-corrected chi connectivity index (χ2v) is 5.70. The van der Waals surface area contributed by atoms with Crippen LogP contribution in [0.2, 0.25) is 0 Å². The lowest BCUT2D eigenvalue weighted by atomic mass is 9.99. The van der Waals surface area contributed by atoms with Crippen LogP contribution in [-0.2, 0) is 14.3 Å². The molecular formula is C15H22N4O3. The molecule has 0 aromatic carbocycles. The number of carbonyl (C=O) groups excluding carboxylic acids is 1. The third kappa shape index (κ3) is 4.14. The van der Waals surface area contributed by atoms with Crippen molar-refractivity contribution in [1.82, 2.24) is 10.2 Å². The number of anilines is 2. The van der Waals surface area contributed by atoms with Crippen LogP contribution in [0.3, 0.4) is 0 Å². The summed E-state index contributed by atoms with van der Waals surface area (Å²) in [6.45, 7) is 2.88. The monoisotopic (exact) mass is 306 g/mol. The third-order valence-electron chi connectivity index (χ3n) is 4.04. The Morgan fingerprint density at radius 3 is 2.59 bits per heavy atom. The molecule has 0 aliphatic carbocycles. The van der Waals surface area contributed by atoms with E-state index in [-0.39, 0.29) is 17.9 Å². The predicted octanol–water partition coefficient (Wildman–Crippen LogP) is 1.43. The minimum atomic E-state index is -0.00216. The molecule has 2 N–H and O–H groups in total. The molecule has 3 rings (SSSR count). The van der Waals surface area contributed by atoms with Gasteiger partial charge in [-0.25, -0.2) is 0 Å². The van der Waals surface area contributed by atoms with Crippen molar-refractivity contribution in [2.45, 2.75) is 31.8 Å². The van der Waals surface area contributed by atoms with E-state index in [0.717, 1.165) is 38.8 Å². The Balaban J connectivity index is 1.47. The molecule has 0 bridgehead atoms. The molecule has 1 aromatic heterocycles. The van der Waals surface area contributed by atoms with Gasteiger partial charge in [-0.05, 0) is 37.8 Å². The first kappa shape index (κ1) is 15.2. The van der Waals surface area contributed by atoms with Crippen molar-refractivity contribution in [3.05, 3.63) is 12.1 Å². The quantitative estimate of drug-likeness (QED) is 0.856. The van der Waals surface area contributed by atoms with Gasteiger partial charge in [-0.2, -0.15) is 0 Å². The van der Waals surface area contributed by atoms with Gasteiger partial charge in [0.05, 0.1) is 6.10 Å². The summed E-state index contributed by atoms with van der Waals surface area (Å²) in [4.78, 5) is 12.1. The van der Waals surface area contributed by atoms with E-state index >= 15 is 0 Å². The number of carbonyl (C=O) groups is 1. The minimum Gasteiger partial charge on any atom is -0.381 e. The molecule has 2 fully saturated rings. The Kier molecular flexibility index (Phi) is 5.18. The first-order chi connectivity index (χ1) is 10.8. The van der Waals surface area contributed by atoms with E-state index in [0.29, 0.717) is 24.8 Å². The highest BCUT2D eigenvalue weighted by atomic mass is 16.5. The second kappa shape index (κ2) is 7.51. The van der Waals surface area contributed by atoms with Crippen LogP contribution in [0.4, 0.5) is 11.6 Å². The summed E-state index contributed by atoms with van der Waals surface area (Å²) in [5, 5.41) is 14.1. The van der Waals surface area contributed by atoms with Crippen molar-refractivity contribution >= 4 is 17.5 Å².